The number of carbonyl (C=O) groups is 1. The second-order valence-corrected chi connectivity index (χ2v) is 8.24. The van der Waals surface area contributed by atoms with Gasteiger partial charge in [0.2, 0.25) is 5.91 Å². The van der Waals surface area contributed by atoms with E-state index < -0.39 is 0 Å². The summed E-state index contributed by atoms with van der Waals surface area (Å²) in [7, 11) is 0. The van der Waals surface area contributed by atoms with Crippen molar-refractivity contribution in [3.05, 3.63) is 65.7 Å². The lowest BCUT2D eigenvalue weighted by Crippen LogP contribution is -2.40. The Morgan fingerprint density at radius 2 is 1.79 bits per heavy atom. The van der Waals surface area contributed by atoms with Gasteiger partial charge in [-0.25, -0.2) is 0 Å². The summed E-state index contributed by atoms with van der Waals surface area (Å²) in [5.74, 6) is 1.30. The SMILES string of the molecule is CC(C)Oc1cccc(CCCNC(=O)C2CCN(Cc3ccccc3)CC2)c1. The Morgan fingerprint density at radius 1 is 1.07 bits per heavy atom. The van der Waals surface area contributed by atoms with E-state index in [1.54, 1.807) is 0 Å². The molecule has 2 aromatic rings. The molecule has 1 saturated heterocycles. The molecule has 1 N–H and O–H groups in total. The number of amides is 1. The lowest BCUT2D eigenvalue weighted by atomic mass is 9.95. The summed E-state index contributed by atoms with van der Waals surface area (Å²) < 4.78 is 5.75. The highest BCUT2D eigenvalue weighted by Crippen LogP contribution is 2.19. The summed E-state index contributed by atoms with van der Waals surface area (Å²) in [6.45, 7) is 7.78. The van der Waals surface area contributed by atoms with Crippen LogP contribution < -0.4 is 10.1 Å². The average molecular weight is 395 g/mol. The van der Waals surface area contributed by atoms with E-state index in [2.05, 4.69) is 52.7 Å². The van der Waals surface area contributed by atoms with E-state index in [1.165, 1.54) is 11.1 Å². The van der Waals surface area contributed by atoms with Gasteiger partial charge in [-0.3, -0.25) is 9.69 Å². The van der Waals surface area contributed by atoms with Crippen LogP contribution in [0.25, 0.3) is 0 Å². The van der Waals surface area contributed by atoms with Crippen molar-refractivity contribution < 1.29 is 9.53 Å². The van der Waals surface area contributed by atoms with Gasteiger partial charge in [0.25, 0.3) is 0 Å². The van der Waals surface area contributed by atoms with Crippen LogP contribution in [0.3, 0.4) is 0 Å². The predicted octanol–water partition coefficient (Wildman–Crippen LogP) is 4.43. The van der Waals surface area contributed by atoms with Crippen LogP contribution in [0.5, 0.6) is 5.75 Å². The highest BCUT2D eigenvalue weighted by molar-refractivity contribution is 5.78. The molecule has 1 aliphatic rings. The summed E-state index contributed by atoms with van der Waals surface area (Å²) in [5, 5.41) is 3.15. The zero-order valence-corrected chi connectivity index (χ0v) is 17.8. The third-order valence-corrected chi connectivity index (χ3v) is 5.42. The lowest BCUT2D eigenvalue weighted by molar-refractivity contribution is -0.126. The largest absolute Gasteiger partial charge is 0.491 e. The fourth-order valence-corrected chi connectivity index (χ4v) is 3.89. The van der Waals surface area contributed by atoms with E-state index >= 15 is 0 Å². The van der Waals surface area contributed by atoms with Crippen molar-refractivity contribution >= 4 is 5.91 Å². The molecule has 0 spiro atoms. The molecule has 1 amide bonds. The second kappa shape index (κ2) is 11.0. The zero-order chi connectivity index (χ0) is 20.5. The van der Waals surface area contributed by atoms with Gasteiger partial charge >= 0.3 is 0 Å². The number of aryl methyl sites for hydroxylation is 1. The van der Waals surface area contributed by atoms with Gasteiger partial charge in [-0.15, -0.1) is 0 Å². The van der Waals surface area contributed by atoms with Crippen LogP contribution in [0.15, 0.2) is 54.6 Å². The molecule has 4 heteroatoms. The molecule has 0 aromatic heterocycles. The third-order valence-electron chi connectivity index (χ3n) is 5.42. The summed E-state index contributed by atoms with van der Waals surface area (Å²) in [5.41, 5.74) is 2.60. The van der Waals surface area contributed by atoms with Crippen molar-refractivity contribution in [2.24, 2.45) is 5.92 Å². The molecule has 0 radical (unpaired) electrons. The van der Waals surface area contributed by atoms with Gasteiger partial charge in [0.05, 0.1) is 6.10 Å². The highest BCUT2D eigenvalue weighted by atomic mass is 16.5. The van der Waals surface area contributed by atoms with E-state index in [4.69, 9.17) is 4.74 Å². The summed E-state index contributed by atoms with van der Waals surface area (Å²) in [6, 6.07) is 18.8. The van der Waals surface area contributed by atoms with Crippen LogP contribution >= 0.6 is 0 Å². The molecule has 1 fully saturated rings. The summed E-state index contributed by atoms with van der Waals surface area (Å²) in [4.78, 5) is 14.9. The number of likely N-dealkylation sites (tertiary alicyclic amines) is 1. The van der Waals surface area contributed by atoms with E-state index in [9.17, 15) is 4.79 Å². The first-order valence-electron chi connectivity index (χ1n) is 10.9. The van der Waals surface area contributed by atoms with Crippen LogP contribution in [-0.4, -0.2) is 36.5 Å². The standard InChI is InChI=1S/C25H34N2O2/c1-20(2)29-24-12-6-10-21(18-24)11-7-15-26-25(28)23-13-16-27(17-14-23)19-22-8-4-3-5-9-22/h3-6,8-10,12,18,20,23H,7,11,13-17,19H2,1-2H3,(H,26,28). The normalized spacial score (nSPS) is 15.4. The van der Waals surface area contributed by atoms with E-state index in [0.29, 0.717) is 0 Å². The van der Waals surface area contributed by atoms with Gasteiger partial charge in [-0.05, 0) is 75.9 Å². The van der Waals surface area contributed by atoms with Crippen molar-refractivity contribution in [1.29, 1.82) is 0 Å². The molecular formula is C25H34N2O2. The predicted molar refractivity (Wildman–Crippen MR) is 118 cm³/mol. The fraction of sp³-hybridized carbons (Fsp3) is 0.480. The van der Waals surface area contributed by atoms with Gasteiger partial charge in [0.15, 0.2) is 0 Å². The number of nitrogens with one attached hydrogen (secondary N) is 1. The van der Waals surface area contributed by atoms with Crippen molar-refractivity contribution in [2.45, 2.75) is 52.2 Å². The van der Waals surface area contributed by atoms with Crippen molar-refractivity contribution in [2.75, 3.05) is 19.6 Å². The number of hydrogen-bond acceptors (Lipinski definition) is 3. The fourth-order valence-electron chi connectivity index (χ4n) is 3.89. The van der Waals surface area contributed by atoms with E-state index in [-0.39, 0.29) is 17.9 Å². The Hall–Kier alpha value is -2.33. The Morgan fingerprint density at radius 3 is 2.52 bits per heavy atom. The van der Waals surface area contributed by atoms with Crippen molar-refractivity contribution in [1.82, 2.24) is 10.2 Å². The minimum Gasteiger partial charge on any atom is -0.491 e. The molecule has 156 valence electrons. The Balaban J connectivity index is 1.33. The molecule has 4 nitrogen and oxygen atoms in total. The smallest absolute Gasteiger partial charge is 0.223 e. The topological polar surface area (TPSA) is 41.6 Å². The van der Waals surface area contributed by atoms with Gasteiger partial charge in [-0.2, -0.15) is 0 Å². The quantitative estimate of drug-likeness (QED) is 0.640. The van der Waals surface area contributed by atoms with Gasteiger partial charge in [0, 0.05) is 19.0 Å². The van der Waals surface area contributed by atoms with Crippen LogP contribution in [0, 0.1) is 5.92 Å². The highest BCUT2D eigenvalue weighted by Gasteiger charge is 2.24. The third kappa shape index (κ3) is 7.21. The maximum Gasteiger partial charge on any atom is 0.223 e. The number of hydrogen-bond donors (Lipinski definition) is 1. The summed E-state index contributed by atoms with van der Waals surface area (Å²) in [6.07, 6.45) is 3.98. The Labute approximate surface area is 175 Å². The number of ether oxygens (including phenoxy) is 1. The number of rotatable bonds is 9. The molecule has 0 saturated carbocycles. The van der Waals surface area contributed by atoms with Gasteiger partial charge < -0.3 is 10.1 Å². The number of piperidine rings is 1. The van der Waals surface area contributed by atoms with E-state index in [0.717, 1.165) is 57.6 Å². The number of benzene rings is 2. The first-order chi connectivity index (χ1) is 14.1. The molecule has 0 bridgehead atoms. The minimum absolute atomic E-state index is 0.157. The molecule has 2 aromatic carbocycles. The van der Waals surface area contributed by atoms with Crippen molar-refractivity contribution in [3.63, 3.8) is 0 Å². The maximum absolute atomic E-state index is 12.5. The van der Waals surface area contributed by atoms with Gasteiger partial charge in [-0.1, -0.05) is 42.5 Å². The number of nitrogens with zero attached hydrogens (tertiary/aromatic N) is 1. The number of carbonyl (C=O) groups excluding carboxylic acids is 1. The zero-order valence-electron chi connectivity index (χ0n) is 17.8. The Bertz CT molecular complexity index is 752. The van der Waals surface area contributed by atoms with E-state index in [1.807, 2.05) is 26.0 Å². The lowest BCUT2D eigenvalue weighted by Gasteiger charge is -2.31. The summed E-state index contributed by atoms with van der Waals surface area (Å²) >= 11 is 0. The van der Waals surface area contributed by atoms with Crippen molar-refractivity contribution in [3.8, 4) is 5.75 Å². The first kappa shape index (κ1) is 21.4. The van der Waals surface area contributed by atoms with Crippen LogP contribution in [0.1, 0.15) is 44.2 Å². The maximum atomic E-state index is 12.5. The van der Waals surface area contributed by atoms with Crippen LogP contribution in [0.2, 0.25) is 0 Å². The van der Waals surface area contributed by atoms with Crippen LogP contribution in [-0.2, 0) is 17.8 Å². The molecule has 0 atom stereocenters. The molecule has 0 unspecified atom stereocenters. The molecular weight excluding hydrogens is 360 g/mol. The monoisotopic (exact) mass is 394 g/mol. The molecule has 0 aliphatic carbocycles. The Kier molecular flexibility index (Phi) is 8.12. The molecule has 1 aliphatic heterocycles. The molecule has 3 rings (SSSR count). The van der Waals surface area contributed by atoms with Gasteiger partial charge in [0.1, 0.15) is 5.75 Å². The molecule has 29 heavy (non-hydrogen) atoms. The minimum atomic E-state index is 0.157. The van der Waals surface area contributed by atoms with Crippen LogP contribution in [0.4, 0.5) is 0 Å². The first-order valence-corrected chi connectivity index (χ1v) is 10.9. The average Bonchev–Trinajstić information content (AvgIpc) is 2.72. The molecule has 1 heterocycles. The second-order valence-electron chi connectivity index (χ2n) is 8.24.